The van der Waals surface area contributed by atoms with E-state index in [2.05, 4.69) is 27.5 Å². The lowest BCUT2D eigenvalue weighted by atomic mass is 9.91. The summed E-state index contributed by atoms with van der Waals surface area (Å²) in [5.41, 5.74) is 2.83. The van der Waals surface area contributed by atoms with Crippen molar-refractivity contribution >= 4 is 23.6 Å². The fourth-order valence-corrected chi connectivity index (χ4v) is 3.54. The predicted molar refractivity (Wildman–Crippen MR) is 123 cm³/mol. The summed E-state index contributed by atoms with van der Waals surface area (Å²) < 4.78 is 31.7. The smallest absolute Gasteiger partial charge is 0.475 e. The first-order valence-corrected chi connectivity index (χ1v) is 10.8. The molecular formula is C23H30F3N5O3. The Balaban J connectivity index is 0.000000509. The molecule has 1 aromatic carbocycles. The first-order valence-electron chi connectivity index (χ1n) is 10.8. The molecule has 8 nitrogen and oxygen atoms in total. The largest absolute Gasteiger partial charge is 0.490 e. The first-order chi connectivity index (χ1) is 15.9. The molecule has 0 bridgehead atoms. The molecule has 1 aromatic heterocycles. The third-order valence-corrected chi connectivity index (χ3v) is 5.46. The Bertz CT molecular complexity index is 976. The van der Waals surface area contributed by atoms with Gasteiger partial charge in [-0.05, 0) is 51.7 Å². The lowest BCUT2D eigenvalue weighted by Gasteiger charge is -2.30. The van der Waals surface area contributed by atoms with E-state index in [9.17, 15) is 18.0 Å². The number of aliphatic carboxylic acids is 1. The standard InChI is InChI=1S/C21H29N5O.C2HF3O2/c1-14-15(2)22-21(25-19(14)26(3)4)24-18-12-10-17(11-13-18)23-20(27)16-8-6-5-7-9-16;3-2(4,5)1(6)7/h5-9,17-18H,10-13H2,1-4H3,(H,23,27)(H,22,24,25);(H,6,7). The van der Waals surface area contributed by atoms with Crippen LogP contribution in [0.5, 0.6) is 0 Å². The second-order valence-electron chi connectivity index (χ2n) is 8.31. The topological polar surface area (TPSA) is 107 Å². The minimum atomic E-state index is -5.08. The number of hydrogen-bond acceptors (Lipinski definition) is 6. The molecular weight excluding hydrogens is 451 g/mol. The van der Waals surface area contributed by atoms with Gasteiger partial charge < -0.3 is 20.6 Å². The Kier molecular flexibility index (Phi) is 9.22. The molecule has 0 saturated heterocycles. The fourth-order valence-electron chi connectivity index (χ4n) is 3.54. The third-order valence-electron chi connectivity index (χ3n) is 5.46. The number of rotatable bonds is 5. The molecule has 1 heterocycles. The monoisotopic (exact) mass is 481 g/mol. The van der Waals surface area contributed by atoms with E-state index in [-0.39, 0.29) is 11.9 Å². The van der Waals surface area contributed by atoms with Gasteiger partial charge in [0.25, 0.3) is 5.91 Å². The van der Waals surface area contributed by atoms with E-state index in [0.717, 1.165) is 48.3 Å². The second kappa shape index (κ2) is 11.7. The summed E-state index contributed by atoms with van der Waals surface area (Å²) in [6.45, 7) is 4.07. The van der Waals surface area contributed by atoms with Crippen molar-refractivity contribution < 1.29 is 27.9 Å². The number of amides is 1. The van der Waals surface area contributed by atoms with Gasteiger partial charge in [-0.15, -0.1) is 0 Å². The summed E-state index contributed by atoms with van der Waals surface area (Å²) in [6, 6.07) is 9.97. The molecule has 0 atom stereocenters. The van der Waals surface area contributed by atoms with Crippen LogP contribution in [0.2, 0.25) is 0 Å². The summed E-state index contributed by atoms with van der Waals surface area (Å²) in [5.74, 6) is -1.10. The molecule has 1 saturated carbocycles. The molecule has 1 amide bonds. The summed E-state index contributed by atoms with van der Waals surface area (Å²) in [6.07, 6.45) is -1.18. The summed E-state index contributed by atoms with van der Waals surface area (Å²) in [5, 5.41) is 13.8. The third kappa shape index (κ3) is 7.89. The normalized spacial score (nSPS) is 17.7. The molecule has 2 aromatic rings. The van der Waals surface area contributed by atoms with Crippen molar-refractivity contribution in [3.8, 4) is 0 Å². The van der Waals surface area contributed by atoms with E-state index in [1.807, 2.05) is 56.3 Å². The summed E-state index contributed by atoms with van der Waals surface area (Å²) in [4.78, 5) is 32.5. The zero-order chi connectivity index (χ0) is 25.5. The van der Waals surface area contributed by atoms with Crippen LogP contribution in [0, 0.1) is 13.8 Å². The van der Waals surface area contributed by atoms with E-state index in [4.69, 9.17) is 9.90 Å². The number of benzene rings is 1. The highest BCUT2D eigenvalue weighted by Crippen LogP contribution is 2.24. The van der Waals surface area contributed by atoms with Crippen LogP contribution in [-0.2, 0) is 4.79 Å². The van der Waals surface area contributed by atoms with Gasteiger partial charge in [0.2, 0.25) is 5.95 Å². The van der Waals surface area contributed by atoms with Crippen LogP contribution in [0.3, 0.4) is 0 Å². The molecule has 1 aliphatic carbocycles. The lowest BCUT2D eigenvalue weighted by molar-refractivity contribution is -0.192. The fraction of sp³-hybridized carbons (Fsp3) is 0.478. The Hall–Kier alpha value is -3.37. The van der Waals surface area contributed by atoms with Gasteiger partial charge in [-0.1, -0.05) is 18.2 Å². The van der Waals surface area contributed by atoms with E-state index >= 15 is 0 Å². The highest BCUT2D eigenvalue weighted by molar-refractivity contribution is 5.94. The number of nitrogens with zero attached hydrogens (tertiary/aromatic N) is 3. The van der Waals surface area contributed by atoms with Crippen LogP contribution in [0.4, 0.5) is 24.9 Å². The van der Waals surface area contributed by atoms with Crippen LogP contribution in [-0.4, -0.2) is 59.3 Å². The molecule has 11 heteroatoms. The number of carbonyl (C=O) groups is 2. The van der Waals surface area contributed by atoms with Gasteiger partial charge in [-0.2, -0.15) is 18.2 Å². The molecule has 1 fully saturated rings. The SMILES string of the molecule is Cc1nc(NC2CCC(NC(=O)c3ccccc3)CC2)nc(N(C)C)c1C.O=C(O)C(F)(F)F. The van der Waals surface area contributed by atoms with Crippen molar-refractivity contribution in [1.82, 2.24) is 15.3 Å². The lowest BCUT2D eigenvalue weighted by Crippen LogP contribution is -2.40. The molecule has 34 heavy (non-hydrogen) atoms. The van der Waals surface area contributed by atoms with Crippen LogP contribution >= 0.6 is 0 Å². The quantitative estimate of drug-likeness (QED) is 0.594. The van der Waals surface area contributed by atoms with Crippen molar-refractivity contribution in [3.63, 3.8) is 0 Å². The van der Waals surface area contributed by atoms with Gasteiger partial charge in [-0.25, -0.2) is 9.78 Å². The molecule has 0 unspecified atom stereocenters. The van der Waals surface area contributed by atoms with E-state index < -0.39 is 12.1 Å². The Labute approximate surface area is 196 Å². The number of hydrogen-bond donors (Lipinski definition) is 3. The van der Waals surface area contributed by atoms with E-state index in [1.54, 1.807) is 0 Å². The number of aryl methyl sites for hydroxylation is 1. The highest BCUT2D eigenvalue weighted by atomic mass is 19.4. The van der Waals surface area contributed by atoms with Crippen molar-refractivity contribution in [3.05, 3.63) is 47.2 Å². The molecule has 3 rings (SSSR count). The Morgan fingerprint density at radius 3 is 2.03 bits per heavy atom. The highest BCUT2D eigenvalue weighted by Gasteiger charge is 2.38. The predicted octanol–water partition coefficient (Wildman–Crippen LogP) is 3.95. The Morgan fingerprint density at radius 2 is 1.53 bits per heavy atom. The number of aromatic nitrogens is 2. The number of carboxylic acids is 1. The number of carbonyl (C=O) groups excluding carboxylic acids is 1. The van der Waals surface area contributed by atoms with Crippen LogP contribution in [0.1, 0.15) is 47.3 Å². The van der Waals surface area contributed by atoms with Crippen molar-refractivity contribution in [2.45, 2.75) is 57.8 Å². The Morgan fingerprint density at radius 1 is 1.00 bits per heavy atom. The number of halogens is 3. The van der Waals surface area contributed by atoms with Gasteiger partial charge in [0.05, 0.1) is 0 Å². The zero-order valence-corrected chi connectivity index (χ0v) is 19.6. The van der Waals surface area contributed by atoms with Gasteiger partial charge in [-0.3, -0.25) is 4.79 Å². The van der Waals surface area contributed by atoms with E-state index in [0.29, 0.717) is 12.0 Å². The van der Waals surface area contributed by atoms with Gasteiger partial charge in [0.1, 0.15) is 5.82 Å². The maximum absolute atomic E-state index is 12.3. The minimum absolute atomic E-state index is 0.0140. The average molecular weight is 482 g/mol. The van der Waals surface area contributed by atoms with E-state index in [1.165, 1.54) is 0 Å². The van der Waals surface area contributed by atoms with Crippen molar-refractivity contribution in [1.29, 1.82) is 0 Å². The molecule has 3 N–H and O–H groups in total. The molecule has 0 aliphatic heterocycles. The van der Waals surface area contributed by atoms with Crippen molar-refractivity contribution in [2.24, 2.45) is 0 Å². The molecule has 0 radical (unpaired) electrons. The minimum Gasteiger partial charge on any atom is -0.475 e. The number of anilines is 2. The van der Waals surface area contributed by atoms with Crippen molar-refractivity contribution in [2.75, 3.05) is 24.3 Å². The first kappa shape index (κ1) is 26.9. The molecule has 0 spiro atoms. The van der Waals surface area contributed by atoms with Crippen LogP contribution in [0.15, 0.2) is 30.3 Å². The van der Waals surface area contributed by atoms with Crippen LogP contribution in [0.25, 0.3) is 0 Å². The average Bonchev–Trinajstić information content (AvgIpc) is 2.77. The van der Waals surface area contributed by atoms with Gasteiger partial charge >= 0.3 is 12.1 Å². The molecule has 1 aliphatic rings. The summed E-state index contributed by atoms with van der Waals surface area (Å²) in [7, 11) is 4.00. The van der Waals surface area contributed by atoms with Crippen LogP contribution < -0.4 is 15.5 Å². The number of alkyl halides is 3. The zero-order valence-electron chi connectivity index (χ0n) is 19.6. The maximum Gasteiger partial charge on any atom is 0.490 e. The molecule has 186 valence electrons. The maximum atomic E-state index is 12.3. The number of nitrogens with one attached hydrogen (secondary N) is 2. The second-order valence-corrected chi connectivity index (χ2v) is 8.31. The van der Waals surface area contributed by atoms with Gasteiger partial charge in [0, 0.05) is 43.0 Å². The van der Waals surface area contributed by atoms with Gasteiger partial charge in [0.15, 0.2) is 0 Å². The number of carboxylic acid groups (broad SMARTS) is 1. The summed E-state index contributed by atoms with van der Waals surface area (Å²) >= 11 is 0.